The lowest BCUT2D eigenvalue weighted by molar-refractivity contribution is 0.0433. The van der Waals surface area contributed by atoms with Gasteiger partial charge in [0.05, 0.1) is 18.1 Å². The van der Waals surface area contributed by atoms with Gasteiger partial charge >= 0.3 is 0 Å². The quantitative estimate of drug-likeness (QED) is 0.854. The molecule has 1 aliphatic heterocycles. The molecule has 0 spiro atoms. The van der Waals surface area contributed by atoms with Crippen LogP contribution in [0.1, 0.15) is 12.0 Å². The van der Waals surface area contributed by atoms with Gasteiger partial charge in [-0.1, -0.05) is 30.3 Å². The van der Waals surface area contributed by atoms with Gasteiger partial charge in [0.15, 0.2) is 0 Å². The standard InChI is InChI=1S/C14H18N2O/c15-10-13-7-9-16(11-14(13)17)8-6-12-4-2-1-3-5-12/h1-5,13-14,17H,6-9,11H2/t13-,14-/m1/s1. The molecule has 0 radical (unpaired) electrons. The monoisotopic (exact) mass is 230 g/mol. The fourth-order valence-corrected chi connectivity index (χ4v) is 2.28. The first-order valence-corrected chi connectivity index (χ1v) is 6.13. The second-order valence-corrected chi connectivity index (χ2v) is 4.63. The Morgan fingerprint density at radius 1 is 1.35 bits per heavy atom. The van der Waals surface area contributed by atoms with Crippen LogP contribution in [0.3, 0.4) is 0 Å². The molecule has 0 aromatic heterocycles. The molecule has 1 N–H and O–H groups in total. The normalized spacial score (nSPS) is 25.4. The fourth-order valence-electron chi connectivity index (χ4n) is 2.28. The Morgan fingerprint density at radius 2 is 2.12 bits per heavy atom. The van der Waals surface area contributed by atoms with Crippen molar-refractivity contribution in [1.29, 1.82) is 5.26 Å². The molecule has 1 saturated heterocycles. The smallest absolute Gasteiger partial charge is 0.0825 e. The number of rotatable bonds is 3. The van der Waals surface area contributed by atoms with Crippen molar-refractivity contribution in [2.75, 3.05) is 19.6 Å². The maximum absolute atomic E-state index is 9.77. The number of nitriles is 1. The van der Waals surface area contributed by atoms with E-state index in [2.05, 4.69) is 23.1 Å². The van der Waals surface area contributed by atoms with Gasteiger partial charge in [-0.15, -0.1) is 0 Å². The summed E-state index contributed by atoms with van der Waals surface area (Å²) in [4.78, 5) is 2.24. The molecule has 1 heterocycles. The van der Waals surface area contributed by atoms with Crippen molar-refractivity contribution >= 4 is 0 Å². The molecule has 0 aliphatic carbocycles. The van der Waals surface area contributed by atoms with E-state index in [1.165, 1.54) is 5.56 Å². The zero-order chi connectivity index (χ0) is 12.1. The minimum atomic E-state index is -0.482. The minimum absolute atomic E-state index is 0.178. The van der Waals surface area contributed by atoms with Gasteiger partial charge in [0.25, 0.3) is 0 Å². The summed E-state index contributed by atoms with van der Waals surface area (Å²) in [6.45, 7) is 2.51. The van der Waals surface area contributed by atoms with Gasteiger partial charge < -0.3 is 10.0 Å². The van der Waals surface area contributed by atoms with E-state index in [4.69, 9.17) is 5.26 Å². The molecule has 17 heavy (non-hydrogen) atoms. The Hall–Kier alpha value is -1.37. The van der Waals surface area contributed by atoms with Crippen LogP contribution in [0.25, 0.3) is 0 Å². The van der Waals surface area contributed by atoms with E-state index in [0.717, 1.165) is 25.9 Å². The van der Waals surface area contributed by atoms with Gasteiger partial charge in [0.2, 0.25) is 0 Å². The van der Waals surface area contributed by atoms with Gasteiger partial charge in [0.1, 0.15) is 0 Å². The second kappa shape index (κ2) is 5.81. The number of hydrogen-bond donors (Lipinski definition) is 1. The predicted molar refractivity (Wildman–Crippen MR) is 66.3 cm³/mol. The Morgan fingerprint density at radius 3 is 2.76 bits per heavy atom. The molecule has 2 atom stereocenters. The van der Waals surface area contributed by atoms with E-state index in [-0.39, 0.29) is 5.92 Å². The molecule has 0 amide bonds. The number of aliphatic hydroxyl groups excluding tert-OH is 1. The third kappa shape index (κ3) is 3.29. The molecule has 0 saturated carbocycles. The van der Waals surface area contributed by atoms with Crippen LogP contribution in [0.4, 0.5) is 0 Å². The lowest BCUT2D eigenvalue weighted by Gasteiger charge is -2.32. The summed E-state index contributed by atoms with van der Waals surface area (Å²) in [6, 6.07) is 12.5. The van der Waals surface area contributed by atoms with Crippen molar-refractivity contribution < 1.29 is 5.11 Å². The van der Waals surface area contributed by atoms with E-state index in [9.17, 15) is 5.11 Å². The molecule has 3 heteroatoms. The Kier molecular flexibility index (Phi) is 4.13. The third-order valence-electron chi connectivity index (χ3n) is 3.39. The molecular weight excluding hydrogens is 212 g/mol. The number of piperidine rings is 1. The number of β-amino-alcohol motifs (C(OH)–C–C–N with tert-alkyl or cyclic N) is 1. The molecule has 1 fully saturated rings. The summed E-state index contributed by atoms with van der Waals surface area (Å²) < 4.78 is 0. The van der Waals surface area contributed by atoms with E-state index >= 15 is 0 Å². The first kappa shape index (κ1) is 12.1. The highest BCUT2D eigenvalue weighted by Crippen LogP contribution is 2.17. The van der Waals surface area contributed by atoms with E-state index in [1.54, 1.807) is 0 Å². The molecule has 1 aromatic rings. The average Bonchev–Trinajstić information content (AvgIpc) is 2.38. The third-order valence-corrected chi connectivity index (χ3v) is 3.39. The van der Waals surface area contributed by atoms with Crippen molar-refractivity contribution in [2.24, 2.45) is 5.92 Å². The number of nitrogens with zero attached hydrogens (tertiary/aromatic N) is 2. The van der Waals surface area contributed by atoms with Crippen LogP contribution >= 0.6 is 0 Å². The fraction of sp³-hybridized carbons (Fsp3) is 0.500. The minimum Gasteiger partial charge on any atom is -0.390 e. The molecule has 3 nitrogen and oxygen atoms in total. The van der Waals surface area contributed by atoms with E-state index < -0.39 is 6.10 Å². The van der Waals surface area contributed by atoms with Crippen LogP contribution in [0.5, 0.6) is 0 Å². The van der Waals surface area contributed by atoms with Crippen molar-refractivity contribution in [3.63, 3.8) is 0 Å². The van der Waals surface area contributed by atoms with Gasteiger partial charge in [-0.05, 0) is 24.9 Å². The Bertz CT molecular complexity index is 385. The Labute approximate surface area is 102 Å². The van der Waals surface area contributed by atoms with Gasteiger partial charge in [-0.25, -0.2) is 0 Å². The van der Waals surface area contributed by atoms with E-state index in [1.807, 2.05) is 18.2 Å². The number of likely N-dealkylation sites (tertiary alicyclic amines) is 1. The maximum atomic E-state index is 9.77. The van der Waals surface area contributed by atoms with Crippen molar-refractivity contribution in [2.45, 2.75) is 18.9 Å². The SMILES string of the molecule is N#C[C@H]1CCN(CCc2ccccc2)C[C@H]1O. The molecule has 1 aromatic carbocycles. The largest absolute Gasteiger partial charge is 0.390 e. The maximum Gasteiger partial charge on any atom is 0.0825 e. The predicted octanol–water partition coefficient (Wildman–Crippen LogP) is 1.44. The summed E-state index contributed by atoms with van der Waals surface area (Å²) in [7, 11) is 0. The molecule has 0 unspecified atom stereocenters. The molecule has 1 aliphatic rings. The van der Waals surface area contributed by atoms with E-state index in [0.29, 0.717) is 6.54 Å². The number of hydrogen-bond acceptors (Lipinski definition) is 3. The van der Waals surface area contributed by atoms with Crippen LogP contribution in [-0.2, 0) is 6.42 Å². The molecular formula is C14H18N2O. The average molecular weight is 230 g/mol. The highest BCUT2D eigenvalue weighted by Gasteiger charge is 2.26. The van der Waals surface area contributed by atoms with Gasteiger partial charge in [0, 0.05) is 13.1 Å². The zero-order valence-corrected chi connectivity index (χ0v) is 9.92. The van der Waals surface area contributed by atoms with Gasteiger partial charge in [-0.2, -0.15) is 5.26 Å². The Balaban J connectivity index is 1.80. The van der Waals surface area contributed by atoms with Crippen LogP contribution in [0.15, 0.2) is 30.3 Å². The first-order valence-electron chi connectivity index (χ1n) is 6.13. The number of aliphatic hydroxyl groups is 1. The lowest BCUT2D eigenvalue weighted by atomic mass is 9.95. The first-order chi connectivity index (χ1) is 8.29. The summed E-state index contributed by atoms with van der Waals surface area (Å²) in [5.41, 5.74) is 1.32. The van der Waals surface area contributed by atoms with Crippen LogP contribution in [0.2, 0.25) is 0 Å². The number of benzene rings is 1. The summed E-state index contributed by atoms with van der Waals surface area (Å²) in [5, 5.41) is 18.6. The highest BCUT2D eigenvalue weighted by atomic mass is 16.3. The molecule has 0 bridgehead atoms. The molecule has 2 rings (SSSR count). The van der Waals surface area contributed by atoms with Crippen molar-refractivity contribution in [1.82, 2.24) is 4.90 Å². The van der Waals surface area contributed by atoms with Crippen LogP contribution < -0.4 is 0 Å². The van der Waals surface area contributed by atoms with Crippen LogP contribution in [-0.4, -0.2) is 35.7 Å². The second-order valence-electron chi connectivity index (χ2n) is 4.63. The highest BCUT2D eigenvalue weighted by molar-refractivity contribution is 5.14. The summed E-state index contributed by atoms with van der Waals surface area (Å²) >= 11 is 0. The lowest BCUT2D eigenvalue weighted by Crippen LogP contribution is -2.44. The van der Waals surface area contributed by atoms with Crippen molar-refractivity contribution in [3.8, 4) is 6.07 Å². The topological polar surface area (TPSA) is 47.3 Å². The van der Waals surface area contributed by atoms with Crippen molar-refractivity contribution in [3.05, 3.63) is 35.9 Å². The summed E-state index contributed by atoms with van der Waals surface area (Å²) in [6.07, 6.45) is 1.31. The van der Waals surface area contributed by atoms with Crippen LogP contribution in [0, 0.1) is 17.2 Å². The zero-order valence-electron chi connectivity index (χ0n) is 9.92. The van der Waals surface area contributed by atoms with Gasteiger partial charge in [-0.3, -0.25) is 0 Å². The molecule has 90 valence electrons. The summed E-state index contributed by atoms with van der Waals surface area (Å²) in [5.74, 6) is -0.178.